The number of nitrogen functional groups attached to an aromatic ring is 1. The zero-order valence-electron chi connectivity index (χ0n) is 13.6. The van der Waals surface area contributed by atoms with E-state index in [1.165, 1.54) is 0 Å². The van der Waals surface area contributed by atoms with Crippen molar-refractivity contribution in [3.63, 3.8) is 0 Å². The molecule has 126 valence electrons. The van der Waals surface area contributed by atoms with E-state index in [1.54, 1.807) is 18.5 Å². The lowest BCUT2D eigenvalue weighted by molar-refractivity contribution is 0.137. The fraction of sp³-hybridized carbons (Fsp3) is 0.211. The molecule has 25 heavy (non-hydrogen) atoms. The van der Waals surface area contributed by atoms with Gasteiger partial charge in [-0.05, 0) is 37.3 Å². The number of benzene rings is 1. The number of fused-ring (bicyclic) bond motifs is 2. The summed E-state index contributed by atoms with van der Waals surface area (Å²) in [6, 6.07) is 9.56. The number of hydrogen-bond donors (Lipinski definition) is 2. The lowest BCUT2D eigenvalue weighted by Gasteiger charge is -2.43. The predicted molar refractivity (Wildman–Crippen MR) is 94.2 cm³/mol. The standard InChI is InChI=1S/C19H17N3O3/c1-10-9-25-18-12(11-2-5-15(20)21-8-11)3-4-13-16(18)22(10)19(23)14-6-7-24-17(13)14/h2-8,10,19,23H,9H2,1H3,(H2,20,21)/t10-,19?/m0/s1. The monoisotopic (exact) mass is 335 g/mol. The average molecular weight is 335 g/mol. The fourth-order valence-corrected chi connectivity index (χ4v) is 3.71. The van der Waals surface area contributed by atoms with Crippen LogP contribution >= 0.6 is 0 Å². The predicted octanol–water partition coefficient (Wildman–Crippen LogP) is 3.18. The number of ether oxygens (including phenoxy) is 1. The molecule has 2 aliphatic rings. The summed E-state index contributed by atoms with van der Waals surface area (Å²) < 4.78 is 11.7. The van der Waals surface area contributed by atoms with Gasteiger partial charge in [-0.3, -0.25) is 0 Å². The van der Waals surface area contributed by atoms with Crippen molar-refractivity contribution >= 4 is 11.5 Å². The third-order valence-electron chi connectivity index (χ3n) is 4.91. The van der Waals surface area contributed by atoms with Gasteiger partial charge in [0.15, 0.2) is 12.0 Å². The summed E-state index contributed by atoms with van der Waals surface area (Å²) in [7, 11) is 0. The summed E-state index contributed by atoms with van der Waals surface area (Å²) >= 11 is 0. The number of aliphatic hydroxyl groups excluding tert-OH is 1. The number of hydrogen-bond acceptors (Lipinski definition) is 6. The molecule has 5 rings (SSSR count). The maximum absolute atomic E-state index is 10.9. The number of rotatable bonds is 1. The Hall–Kier alpha value is -2.99. The maximum Gasteiger partial charge on any atom is 0.157 e. The zero-order valence-corrected chi connectivity index (χ0v) is 13.6. The SMILES string of the molecule is C[C@H]1COc2c(-c3ccc(N)nc3)ccc3c2N1C(O)c1ccoc1-3. The highest BCUT2D eigenvalue weighted by molar-refractivity contribution is 5.92. The molecule has 2 aromatic heterocycles. The number of aromatic nitrogens is 1. The van der Waals surface area contributed by atoms with Crippen LogP contribution in [0.2, 0.25) is 0 Å². The third-order valence-corrected chi connectivity index (χ3v) is 4.91. The molecule has 0 saturated carbocycles. The van der Waals surface area contributed by atoms with Gasteiger partial charge in [0.25, 0.3) is 0 Å². The van der Waals surface area contributed by atoms with E-state index in [-0.39, 0.29) is 6.04 Å². The van der Waals surface area contributed by atoms with E-state index in [4.69, 9.17) is 14.9 Å². The van der Waals surface area contributed by atoms with Crippen LogP contribution in [0.25, 0.3) is 22.5 Å². The van der Waals surface area contributed by atoms with E-state index >= 15 is 0 Å². The van der Waals surface area contributed by atoms with Crippen molar-refractivity contribution in [1.82, 2.24) is 4.98 Å². The number of anilines is 2. The van der Waals surface area contributed by atoms with Gasteiger partial charge in [0.1, 0.15) is 18.2 Å². The van der Waals surface area contributed by atoms with Crippen LogP contribution in [-0.4, -0.2) is 22.7 Å². The Kier molecular flexibility index (Phi) is 2.87. The number of aliphatic hydroxyl groups is 1. The molecule has 6 nitrogen and oxygen atoms in total. The lowest BCUT2D eigenvalue weighted by Crippen LogP contribution is -2.45. The third kappa shape index (κ3) is 1.91. The van der Waals surface area contributed by atoms with Gasteiger partial charge in [0, 0.05) is 28.5 Å². The van der Waals surface area contributed by atoms with Crippen LogP contribution in [-0.2, 0) is 0 Å². The molecular weight excluding hydrogens is 318 g/mol. The molecule has 4 heterocycles. The van der Waals surface area contributed by atoms with Crippen molar-refractivity contribution in [2.75, 3.05) is 17.2 Å². The van der Waals surface area contributed by atoms with Crippen molar-refractivity contribution in [3.8, 4) is 28.2 Å². The van der Waals surface area contributed by atoms with Gasteiger partial charge in [-0.2, -0.15) is 0 Å². The largest absolute Gasteiger partial charge is 0.489 e. The van der Waals surface area contributed by atoms with Crippen molar-refractivity contribution in [1.29, 1.82) is 0 Å². The lowest BCUT2D eigenvalue weighted by atomic mass is 9.92. The van der Waals surface area contributed by atoms with Crippen LogP contribution in [0.15, 0.2) is 47.2 Å². The Morgan fingerprint density at radius 2 is 2.04 bits per heavy atom. The second-order valence-corrected chi connectivity index (χ2v) is 6.46. The highest BCUT2D eigenvalue weighted by Crippen LogP contribution is 2.54. The van der Waals surface area contributed by atoms with Crippen LogP contribution < -0.4 is 15.4 Å². The van der Waals surface area contributed by atoms with Gasteiger partial charge < -0.3 is 24.9 Å². The van der Waals surface area contributed by atoms with Gasteiger partial charge in [-0.25, -0.2) is 4.98 Å². The quantitative estimate of drug-likeness (QED) is 0.710. The Labute approximate surface area is 144 Å². The first-order chi connectivity index (χ1) is 12.1. The zero-order chi connectivity index (χ0) is 17.1. The molecule has 0 bridgehead atoms. The van der Waals surface area contributed by atoms with E-state index < -0.39 is 6.23 Å². The van der Waals surface area contributed by atoms with Gasteiger partial charge >= 0.3 is 0 Å². The minimum Gasteiger partial charge on any atom is -0.489 e. The average Bonchev–Trinajstić information content (AvgIpc) is 3.11. The van der Waals surface area contributed by atoms with Crippen LogP contribution in [0.4, 0.5) is 11.5 Å². The van der Waals surface area contributed by atoms with Crippen molar-refractivity contribution < 1.29 is 14.3 Å². The Balaban J connectivity index is 1.78. The Morgan fingerprint density at radius 1 is 1.20 bits per heavy atom. The minimum absolute atomic E-state index is 0.0455. The molecule has 0 amide bonds. The van der Waals surface area contributed by atoms with Crippen molar-refractivity contribution in [3.05, 3.63) is 48.4 Å². The minimum atomic E-state index is -0.751. The molecule has 2 aliphatic heterocycles. The Morgan fingerprint density at radius 3 is 2.84 bits per heavy atom. The summed E-state index contributed by atoms with van der Waals surface area (Å²) in [6.45, 7) is 2.54. The Bertz CT molecular complexity index is 965. The second kappa shape index (κ2) is 5.00. The molecule has 6 heteroatoms. The molecule has 2 atom stereocenters. The second-order valence-electron chi connectivity index (χ2n) is 6.46. The normalized spacial score (nSPS) is 20.6. The highest BCUT2D eigenvalue weighted by atomic mass is 16.5. The van der Waals surface area contributed by atoms with Crippen LogP contribution in [0.1, 0.15) is 18.7 Å². The summed E-state index contributed by atoms with van der Waals surface area (Å²) in [4.78, 5) is 6.18. The molecule has 0 aliphatic carbocycles. The summed E-state index contributed by atoms with van der Waals surface area (Å²) in [6.07, 6.45) is 2.59. The summed E-state index contributed by atoms with van der Waals surface area (Å²) in [5.41, 5.74) is 10.1. The number of nitrogens with zero attached hydrogens (tertiary/aromatic N) is 2. The van der Waals surface area contributed by atoms with Gasteiger partial charge in [0.05, 0.1) is 18.0 Å². The molecule has 1 aromatic carbocycles. The topological polar surface area (TPSA) is 84.8 Å². The van der Waals surface area contributed by atoms with E-state index in [1.807, 2.05) is 36.1 Å². The maximum atomic E-state index is 10.9. The molecule has 0 saturated heterocycles. The molecular formula is C19H17N3O3. The molecule has 0 radical (unpaired) electrons. The molecule has 1 unspecified atom stereocenters. The van der Waals surface area contributed by atoms with Gasteiger partial charge in [-0.1, -0.05) is 0 Å². The van der Waals surface area contributed by atoms with E-state index in [0.717, 1.165) is 33.7 Å². The molecule has 3 N–H and O–H groups in total. The van der Waals surface area contributed by atoms with Crippen LogP contribution in [0.3, 0.4) is 0 Å². The van der Waals surface area contributed by atoms with Gasteiger partial charge in [-0.15, -0.1) is 0 Å². The summed E-state index contributed by atoms with van der Waals surface area (Å²) in [5, 5.41) is 10.9. The molecule has 3 aromatic rings. The first-order valence-electron chi connectivity index (χ1n) is 8.21. The fourth-order valence-electron chi connectivity index (χ4n) is 3.71. The van der Waals surface area contributed by atoms with E-state index in [2.05, 4.69) is 4.98 Å². The first kappa shape index (κ1) is 14.4. The van der Waals surface area contributed by atoms with Crippen molar-refractivity contribution in [2.24, 2.45) is 0 Å². The number of nitrogens with two attached hydrogens (primary N) is 1. The first-order valence-corrected chi connectivity index (χ1v) is 8.21. The number of pyridine rings is 1. The molecule has 0 spiro atoms. The molecule has 0 fully saturated rings. The van der Waals surface area contributed by atoms with E-state index in [9.17, 15) is 5.11 Å². The van der Waals surface area contributed by atoms with Crippen LogP contribution in [0.5, 0.6) is 5.75 Å². The summed E-state index contributed by atoms with van der Waals surface area (Å²) in [5.74, 6) is 1.91. The van der Waals surface area contributed by atoms with Crippen molar-refractivity contribution in [2.45, 2.75) is 19.2 Å². The van der Waals surface area contributed by atoms with Crippen LogP contribution in [0, 0.1) is 0 Å². The van der Waals surface area contributed by atoms with Gasteiger partial charge in [0.2, 0.25) is 0 Å². The smallest absolute Gasteiger partial charge is 0.157 e. The number of furan rings is 1. The highest BCUT2D eigenvalue weighted by Gasteiger charge is 2.40. The van der Waals surface area contributed by atoms with E-state index in [0.29, 0.717) is 18.2 Å².